The fourth-order valence-corrected chi connectivity index (χ4v) is 2.92. The van der Waals surface area contributed by atoms with Crippen molar-refractivity contribution in [1.29, 1.82) is 0 Å². The van der Waals surface area contributed by atoms with E-state index < -0.39 is 6.04 Å². The van der Waals surface area contributed by atoms with Crippen LogP contribution >= 0.6 is 0 Å². The molecule has 0 aromatic heterocycles. The van der Waals surface area contributed by atoms with Gasteiger partial charge in [-0.1, -0.05) is 12.1 Å². The maximum absolute atomic E-state index is 12.2. The zero-order valence-electron chi connectivity index (χ0n) is 14.4. The van der Waals surface area contributed by atoms with E-state index in [9.17, 15) is 9.59 Å². The summed E-state index contributed by atoms with van der Waals surface area (Å²) in [6.45, 7) is 4.17. The van der Waals surface area contributed by atoms with Gasteiger partial charge in [-0.15, -0.1) is 0 Å². The van der Waals surface area contributed by atoms with Crippen molar-refractivity contribution < 1.29 is 19.1 Å². The molecule has 2 N–H and O–H groups in total. The van der Waals surface area contributed by atoms with Gasteiger partial charge in [-0.05, 0) is 13.0 Å². The molecule has 1 heterocycles. The molecule has 1 aliphatic rings. The first-order chi connectivity index (χ1) is 11.6. The van der Waals surface area contributed by atoms with Gasteiger partial charge in [0.1, 0.15) is 0 Å². The van der Waals surface area contributed by atoms with Crippen LogP contribution in [-0.4, -0.2) is 56.6 Å². The lowest BCUT2D eigenvalue weighted by atomic mass is 10.1. The highest BCUT2D eigenvalue weighted by Crippen LogP contribution is 2.32. The van der Waals surface area contributed by atoms with Crippen molar-refractivity contribution in [1.82, 2.24) is 15.5 Å². The molecule has 0 saturated carbocycles. The predicted octanol–water partition coefficient (Wildman–Crippen LogP) is 0.530. The second kappa shape index (κ2) is 8.54. The summed E-state index contributed by atoms with van der Waals surface area (Å²) in [7, 11) is 3.18. The topological polar surface area (TPSA) is 79.9 Å². The van der Waals surface area contributed by atoms with E-state index in [0.717, 1.165) is 5.56 Å². The van der Waals surface area contributed by atoms with Gasteiger partial charge >= 0.3 is 0 Å². The summed E-state index contributed by atoms with van der Waals surface area (Å²) < 4.78 is 10.8. The van der Waals surface area contributed by atoms with Crippen LogP contribution in [0.3, 0.4) is 0 Å². The number of ether oxygens (including phenoxy) is 2. The number of hydrogen-bond acceptors (Lipinski definition) is 5. The number of rotatable bonds is 7. The van der Waals surface area contributed by atoms with Crippen LogP contribution in [0.2, 0.25) is 0 Å². The number of para-hydroxylation sites is 1. The lowest BCUT2D eigenvalue weighted by Crippen LogP contribution is -2.56. The van der Waals surface area contributed by atoms with E-state index in [0.29, 0.717) is 37.7 Å². The highest BCUT2D eigenvalue weighted by molar-refractivity contribution is 5.88. The van der Waals surface area contributed by atoms with E-state index >= 15 is 0 Å². The molecular weight excluding hydrogens is 310 g/mol. The predicted molar refractivity (Wildman–Crippen MR) is 90.1 cm³/mol. The first kappa shape index (κ1) is 18.1. The van der Waals surface area contributed by atoms with E-state index in [1.807, 2.05) is 30.0 Å². The van der Waals surface area contributed by atoms with Gasteiger partial charge in [0, 0.05) is 31.7 Å². The molecule has 7 nitrogen and oxygen atoms in total. The van der Waals surface area contributed by atoms with Crippen molar-refractivity contribution >= 4 is 11.8 Å². The summed E-state index contributed by atoms with van der Waals surface area (Å²) in [5.41, 5.74) is 0.924. The van der Waals surface area contributed by atoms with Gasteiger partial charge in [0.2, 0.25) is 11.8 Å². The average molecular weight is 335 g/mol. The van der Waals surface area contributed by atoms with Gasteiger partial charge in [0.05, 0.1) is 26.7 Å². The van der Waals surface area contributed by atoms with Gasteiger partial charge in [-0.2, -0.15) is 0 Å². The second-order valence-corrected chi connectivity index (χ2v) is 5.59. The summed E-state index contributed by atoms with van der Waals surface area (Å²) in [4.78, 5) is 26.1. The lowest BCUT2D eigenvalue weighted by molar-refractivity contribution is -0.134. The molecule has 1 aliphatic heterocycles. The zero-order valence-corrected chi connectivity index (χ0v) is 14.4. The first-order valence-corrected chi connectivity index (χ1v) is 8.09. The van der Waals surface area contributed by atoms with Crippen LogP contribution in [0.5, 0.6) is 11.5 Å². The maximum atomic E-state index is 12.2. The summed E-state index contributed by atoms with van der Waals surface area (Å²) in [5, 5.41) is 5.58. The molecule has 1 fully saturated rings. The van der Waals surface area contributed by atoms with Crippen molar-refractivity contribution in [3.8, 4) is 11.5 Å². The van der Waals surface area contributed by atoms with E-state index in [2.05, 4.69) is 10.6 Å². The number of methoxy groups -OCH3 is 2. The average Bonchev–Trinajstić information content (AvgIpc) is 2.58. The fraction of sp³-hybridized carbons (Fsp3) is 0.529. The van der Waals surface area contributed by atoms with Crippen LogP contribution in [0.15, 0.2) is 18.2 Å². The third kappa shape index (κ3) is 4.17. The van der Waals surface area contributed by atoms with Crippen molar-refractivity contribution in [3.63, 3.8) is 0 Å². The van der Waals surface area contributed by atoms with Gasteiger partial charge in [-0.25, -0.2) is 0 Å². The molecule has 0 spiro atoms. The SMILES string of the molecule is CCNC(=O)C[C@@H]1C(=O)NCCN1Cc1cccc(OC)c1OC. The van der Waals surface area contributed by atoms with Gasteiger partial charge < -0.3 is 20.1 Å². The summed E-state index contributed by atoms with van der Waals surface area (Å²) in [6.07, 6.45) is 0.145. The maximum Gasteiger partial charge on any atom is 0.237 e. The molecule has 24 heavy (non-hydrogen) atoms. The fourth-order valence-electron chi connectivity index (χ4n) is 2.92. The summed E-state index contributed by atoms with van der Waals surface area (Å²) in [5.74, 6) is 1.07. The van der Waals surface area contributed by atoms with Gasteiger partial charge in [0.15, 0.2) is 11.5 Å². The Morgan fingerprint density at radius 2 is 2.17 bits per heavy atom. The van der Waals surface area contributed by atoms with Crippen molar-refractivity contribution in [2.24, 2.45) is 0 Å². The van der Waals surface area contributed by atoms with Crippen LogP contribution in [0, 0.1) is 0 Å². The Kier molecular flexibility index (Phi) is 6.43. The molecule has 0 bridgehead atoms. The van der Waals surface area contributed by atoms with Gasteiger partial charge in [-0.3, -0.25) is 14.5 Å². The van der Waals surface area contributed by atoms with Crippen LogP contribution in [-0.2, 0) is 16.1 Å². The number of nitrogens with zero attached hydrogens (tertiary/aromatic N) is 1. The summed E-state index contributed by atoms with van der Waals surface area (Å²) in [6, 6.07) is 5.18. The molecule has 2 rings (SSSR count). The lowest BCUT2D eigenvalue weighted by Gasteiger charge is -2.35. The number of amides is 2. The van der Waals surface area contributed by atoms with Gasteiger partial charge in [0.25, 0.3) is 0 Å². The molecule has 1 saturated heterocycles. The standard InChI is InChI=1S/C17H25N3O4/c1-4-18-15(21)10-13-17(22)19-8-9-20(13)11-12-6-5-7-14(23-2)16(12)24-3/h5-7,13H,4,8-11H2,1-3H3,(H,18,21)(H,19,22)/t13-/m1/s1. The number of hydrogen-bond donors (Lipinski definition) is 2. The highest BCUT2D eigenvalue weighted by atomic mass is 16.5. The highest BCUT2D eigenvalue weighted by Gasteiger charge is 2.32. The number of carbonyl (C=O) groups is 2. The molecule has 1 aromatic carbocycles. The minimum atomic E-state index is -0.485. The van der Waals surface area contributed by atoms with Crippen molar-refractivity contribution in [2.75, 3.05) is 33.9 Å². The van der Waals surface area contributed by atoms with E-state index in [1.165, 1.54) is 0 Å². The minimum absolute atomic E-state index is 0.116. The first-order valence-electron chi connectivity index (χ1n) is 8.09. The van der Waals surface area contributed by atoms with Crippen LogP contribution in [0.1, 0.15) is 18.9 Å². The van der Waals surface area contributed by atoms with E-state index in [1.54, 1.807) is 14.2 Å². The number of carbonyl (C=O) groups excluding carboxylic acids is 2. The largest absolute Gasteiger partial charge is 0.493 e. The third-order valence-electron chi connectivity index (χ3n) is 4.05. The molecule has 0 radical (unpaired) electrons. The summed E-state index contributed by atoms with van der Waals surface area (Å²) >= 11 is 0. The van der Waals surface area contributed by atoms with Crippen molar-refractivity contribution in [3.05, 3.63) is 23.8 Å². The quantitative estimate of drug-likeness (QED) is 0.760. The van der Waals surface area contributed by atoms with Crippen LogP contribution in [0.4, 0.5) is 0 Å². The van der Waals surface area contributed by atoms with E-state index in [-0.39, 0.29) is 18.2 Å². The van der Waals surface area contributed by atoms with Crippen LogP contribution < -0.4 is 20.1 Å². The number of piperazine rings is 1. The Bertz CT molecular complexity index is 591. The normalized spacial score (nSPS) is 18.0. The number of nitrogens with one attached hydrogen (secondary N) is 2. The molecule has 7 heteroatoms. The second-order valence-electron chi connectivity index (χ2n) is 5.59. The number of benzene rings is 1. The van der Waals surface area contributed by atoms with Crippen LogP contribution in [0.25, 0.3) is 0 Å². The molecule has 1 aromatic rings. The Hall–Kier alpha value is -2.28. The monoisotopic (exact) mass is 335 g/mol. The minimum Gasteiger partial charge on any atom is -0.493 e. The molecule has 132 valence electrons. The molecule has 0 unspecified atom stereocenters. The Morgan fingerprint density at radius 3 is 2.83 bits per heavy atom. The molecule has 1 atom stereocenters. The molecule has 0 aliphatic carbocycles. The Balaban J connectivity index is 2.19. The third-order valence-corrected chi connectivity index (χ3v) is 4.05. The zero-order chi connectivity index (χ0) is 17.5. The molecular formula is C17H25N3O4. The molecule has 2 amide bonds. The Morgan fingerprint density at radius 1 is 1.38 bits per heavy atom. The van der Waals surface area contributed by atoms with Crippen molar-refractivity contribution in [2.45, 2.75) is 25.9 Å². The van der Waals surface area contributed by atoms with E-state index in [4.69, 9.17) is 9.47 Å². The smallest absolute Gasteiger partial charge is 0.237 e. The Labute approximate surface area is 142 Å².